The Balaban J connectivity index is 0.000000157. The molecule has 364 valence electrons. The number of piperidine rings is 2. The van der Waals surface area contributed by atoms with Crippen LogP contribution in [0.15, 0.2) is 37.2 Å². The zero-order valence-corrected chi connectivity index (χ0v) is 38.7. The van der Waals surface area contributed by atoms with E-state index in [9.17, 15) is 14.4 Å². The third-order valence-corrected chi connectivity index (χ3v) is 11.4. The number of fused-ring (bicyclic) bond motifs is 8. The smallest absolute Gasteiger partial charge is 0.376 e. The fourth-order valence-corrected chi connectivity index (χ4v) is 8.26. The molecule has 4 N–H and O–H groups in total. The van der Waals surface area contributed by atoms with Gasteiger partial charge >= 0.3 is 18.0 Å². The van der Waals surface area contributed by atoms with Gasteiger partial charge in [-0.1, -0.05) is 0 Å². The van der Waals surface area contributed by atoms with Gasteiger partial charge in [0.15, 0.2) is 29.0 Å². The van der Waals surface area contributed by atoms with E-state index in [4.69, 9.17) is 38.9 Å². The number of hydrogen-bond donors (Lipinski definition) is 3. The number of amides is 2. The van der Waals surface area contributed by atoms with Crippen molar-refractivity contribution >= 4 is 52.6 Å². The zero-order chi connectivity index (χ0) is 48.0. The minimum Gasteiger partial charge on any atom is -0.474 e. The molecular weight excluding hydrogens is 889 g/mol. The van der Waals surface area contributed by atoms with E-state index in [0.29, 0.717) is 61.5 Å². The number of urea groups is 1. The molecule has 4 fully saturated rings. The topological polar surface area (TPSA) is 288 Å². The molecule has 0 spiro atoms. The first kappa shape index (κ1) is 47.7. The fraction of sp³-hybridized carbons (Fsp3) is 0.558. The summed E-state index contributed by atoms with van der Waals surface area (Å²) in [5.74, 6) is 0.158. The first-order valence-corrected chi connectivity index (χ1v) is 22.2. The summed E-state index contributed by atoms with van der Waals surface area (Å²) in [5.41, 5.74) is 7.08. The van der Waals surface area contributed by atoms with Crippen molar-refractivity contribution in [2.45, 2.75) is 89.2 Å². The molecule has 4 aromatic heterocycles. The molecule has 68 heavy (non-hydrogen) atoms. The van der Waals surface area contributed by atoms with Crippen molar-refractivity contribution in [3.8, 4) is 11.8 Å². The Kier molecular flexibility index (Phi) is 14.4. The van der Waals surface area contributed by atoms with Crippen LogP contribution in [0.2, 0.25) is 0 Å². The van der Waals surface area contributed by atoms with Crippen LogP contribution < -0.4 is 40.5 Å². The van der Waals surface area contributed by atoms with E-state index < -0.39 is 29.5 Å². The SMILES string of the molecule is CC1(C)OC[C@H](COc2cnc(N)cn2)O1.COC(=O)c1ncc2c(n1)N(C(=O)Nc1cnc(OC[C@H]3COC(C)(C)O3)cn1)[C@H]1CCCN2C1.COC(=O)c1ncc2c(n1)N[C@H]1CCCN2C1. The second-order valence-corrected chi connectivity index (χ2v) is 17.3. The van der Waals surface area contributed by atoms with Crippen molar-refractivity contribution in [1.82, 2.24) is 39.9 Å². The molecule has 0 aliphatic carbocycles. The van der Waals surface area contributed by atoms with E-state index >= 15 is 0 Å². The molecule has 25 heteroatoms. The first-order valence-electron chi connectivity index (χ1n) is 22.2. The third-order valence-electron chi connectivity index (χ3n) is 11.4. The molecule has 10 rings (SSSR count). The summed E-state index contributed by atoms with van der Waals surface area (Å²) in [6.07, 6.45) is 12.8. The van der Waals surface area contributed by atoms with Crippen LogP contribution in [-0.2, 0) is 28.4 Å². The lowest BCUT2D eigenvalue weighted by atomic mass is 10.0. The highest BCUT2D eigenvalue weighted by atomic mass is 16.8. The number of anilines is 6. The minimum atomic E-state index is -0.668. The highest BCUT2D eigenvalue weighted by Gasteiger charge is 2.40. The van der Waals surface area contributed by atoms with Gasteiger partial charge in [0, 0.05) is 32.2 Å². The molecule has 4 saturated heterocycles. The number of methoxy groups -OCH3 is 2. The van der Waals surface area contributed by atoms with Gasteiger partial charge in [0.2, 0.25) is 23.4 Å². The van der Waals surface area contributed by atoms with E-state index in [2.05, 4.69) is 65.0 Å². The van der Waals surface area contributed by atoms with Gasteiger partial charge in [-0.2, -0.15) is 0 Å². The van der Waals surface area contributed by atoms with Gasteiger partial charge in [-0.15, -0.1) is 0 Å². The average Bonchev–Trinajstić information content (AvgIpc) is 3.89. The van der Waals surface area contributed by atoms with Crippen LogP contribution in [0.4, 0.5) is 39.4 Å². The molecule has 25 nitrogen and oxygen atoms in total. The zero-order valence-electron chi connectivity index (χ0n) is 38.7. The largest absolute Gasteiger partial charge is 0.474 e. The van der Waals surface area contributed by atoms with E-state index in [1.54, 1.807) is 17.3 Å². The number of aromatic nitrogens is 8. The highest BCUT2D eigenvalue weighted by Crippen LogP contribution is 2.38. The van der Waals surface area contributed by atoms with Crippen molar-refractivity contribution in [1.29, 1.82) is 0 Å². The number of hydrogen-bond acceptors (Lipinski definition) is 23. The Hall–Kier alpha value is -6.83. The van der Waals surface area contributed by atoms with Crippen LogP contribution in [0.1, 0.15) is 74.6 Å². The second-order valence-electron chi connectivity index (χ2n) is 17.3. The fourth-order valence-electron chi connectivity index (χ4n) is 8.26. The monoisotopic (exact) mass is 944 g/mol. The number of nitrogens with one attached hydrogen (secondary N) is 2. The quantitative estimate of drug-likeness (QED) is 0.203. The summed E-state index contributed by atoms with van der Waals surface area (Å²) >= 11 is 0. The van der Waals surface area contributed by atoms with Gasteiger partial charge < -0.3 is 58.7 Å². The summed E-state index contributed by atoms with van der Waals surface area (Å²) in [4.78, 5) is 75.7. The van der Waals surface area contributed by atoms with Crippen LogP contribution in [0, 0.1) is 0 Å². The molecule has 0 radical (unpaired) electrons. The Morgan fingerprint density at radius 1 is 0.735 bits per heavy atom. The number of rotatable bonds is 9. The number of carbonyl (C=O) groups excluding carboxylic acids is 3. The first-order chi connectivity index (χ1) is 32.7. The van der Waals surface area contributed by atoms with Crippen molar-refractivity contribution in [2.24, 2.45) is 0 Å². The number of carbonyl (C=O) groups is 3. The predicted molar refractivity (Wildman–Crippen MR) is 242 cm³/mol. The van der Waals surface area contributed by atoms with Crippen molar-refractivity contribution in [2.75, 3.05) is 97.9 Å². The van der Waals surface area contributed by atoms with Gasteiger partial charge in [-0.3, -0.25) is 10.2 Å². The molecule has 6 aliphatic heterocycles. The number of ether oxygens (including phenoxy) is 8. The molecule has 4 aromatic rings. The molecule has 2 amide bonds. The van der Waals surface area contributed by atoms with Gasteiger partial charge in [-0.25, -0.2) is 54.3 Å². The number of nitrogens with zero attached hydrogens (tertiary/aromatic N) is 11. The lowest BCUT2D eigenvalue weighted by molar-refractivity contribution is -0.142. The summed E-state index contributed by atoms with van der Waals surface area (Å²) in [6.45, 7) is 12.6. The summed E-state index contributed by atoms with van der Waals surface area (Å²) in [7, 11) is 2.59. The average molecular weight is 945 g/mol. The Bertz CT molecular complexity index is 2420. The molecule has 4 bridgehead atoms. The minimum absolute atomic E-state index is 0.0747. The van der Waals surface area contributed by atoms with E-state index in [-0.39, 0.29) is 42.3 Å². The van der Waals surface area contributed by atoms with Gasteiger partial charge in [0.05, 0.1) is 82.0 Å². The molecular formula is C43H56N14O11. The van der Waals surface area contributed by atoms with Gasteiger partial charge in [-0.05, 0) is 53.4 Å². The van der Waals surface area contributed by atoms with Crippen molar-refractivity contribution in [3.05, 3.63) is 48.8 Å². The lowest BCUT2D eigenvalue weighted by Crippen LogP contribution is -2.56. The molecule has 0 aromatic carbocycles. The normalized spacial score (nSPS) is 22.4. The third kappa shape index (κ3) is 11.6. The van der Waals surface area contributed by atoms with Gasteiger partial charge in [0.1, 0.15) is 31.2 Å². The van der Waals surface area contributed by atoms with Crippen molar-refractivity contribution < 1.29 is 52.3 Å². The van der Waals surface area contributed by atoms with Crippen molar-refractivity contribution in [3.63, 3.8) is 0 Å². The maximum Gasteiger partial charge on any atom is 0.376 e. The van der Waals surface area contributed by atoms with Crippen LogP contribution in [0.5, 0.6) is 11.8 Å². The van der Waals surface area contributed by atoms with E-state index in [1.807, 2.05) is 27.7 Å². The molecule has 6 aliphatic rings. The van der Waals surface area contributed by atoms with Gasteiger partial charge in [0.25, 0.3) is 0 Å². The number of nitrogen functional groups attached to an aromatic ring is 1. The van der Waals surface area contributed by atoms with Crippen LogP contribution in [-0.4, -0.2) is 161 Å². The standard InChI is InChI=1S/C22H27N7O6.C11H14N4O2.C10H15N3O3/c1-22(2)34-12-14(35-22)11-33-17-9-23-16(8-24-17)26-21(31)29-13-5-4-6-28(10-13)15-7-25-18(20(30)32-3)27-19(15)29;1-17-11(16)10-12-5-8-9(14-10)13-7-3-2-4-15(8)6-7;1-10(2)15-6-7(16-10)5-14-9-4-12-8(11)3-13-9/h7-9,13-14H,4-6,10-12H2,1-3H3,(H,23,26,31);5,7H,2-4,6H2,1H3,(H,12,13,14);3-4,7H,5-6H2,1-2H3,(H2,11,12)/t13-,14-;2*7-/m000/s1. The predicted octanol–water partition coefficient (Wildman–Crippen LogP) is 2.85. The van der Waals surface area contributed by atoms with Crippen LogP contribution >= 0.6 is 0 Å². The summed E-state index contributed by atoms with van der Waals surface area (Å²) in [5, 5.41) is 6.12. The maximum atomic E-state index is 13.3. The number of nitrogens with two attached hydrogens (primary N) is 1. The second kappa shape index (κ2) is 20.6. The number of esters is 2. The molecule has 4 atom stereocenters. The summed E-state index contributed by atoms with van der Waals surface area (Å²) < 4.78 is 42.6. The summed E-state index contributed by atoms with van der Waals surface area (Å²) in [6, 6.07) is -0.101. The maximum absolute atomic E-state index is 13.3. The highest BCUT2D eigenvalue weighted by molar-refractivity contribution is 6.04. The van der Waals surface area contributed by atoms with Crippen LogP contribution in [0.25, 0.3) is 0 Å². The molecule has 10 heterocycles. The Morgan fingerprint density at radius 2 is 1.32 bits per heavy atom. The molecule has 0 unspecified atom stereocenters. The van der Waals surface area contributed by atoms with E-state index in [0.717, 1.165) is 50.4 Å². The Labute approximate surface area is 391 Å². The molecule has 0 saturated carbocycles. The van der Waals surface area contributed by atoms with Crippen LogP contribution in [0.3, 0.4) is 0 Å². The van der Waals surface area contributed by atoms with E-state index in [1.165, 1.54) is 45.4 Å². The Morgan fingerprint density at radius 3 is 1.90 bits per heavy atom. The lowest BCUT2D eigenvalue weighted by Gasteiger charge is -2.45.